The molecule has 362 valence electrons. The van der Waals surface area contributed by atoms with Crippen LogP contribution in [-0.4, -0.2) is 87.5 Å². The van der Waals surface area contributed by atoms with Gasteiger partial charge in [-0.3, -0.25) is 4.79 Å². The Kier molecular flexibility index (Phi) is 39.5. The number of hydrogen-bond acceptors (Lipinski definition) is 8. The number of aliphatic hydroxyl groups is 5. The van der Waals surface area contributed by atoms with E-state index in [1.165, 1.54) is 0 Å². The Balaban J connectivity index is 2.11. The van der Waals surface area contributed by atoms with Gasteiger partial charge in [0.2, 0.25) is 5.91 Å². The number of nitrogens with one attached hydrogen (secondary N) is 1. The molecule has 0 aliphatic carbocycles. The molecule has 7 atom stereocenters. The number of carbonyl (C=O) groups excluding carboxylic acids is 1. The van der Waals surface area contributed by atoms with Crippen molar-refractivity contribution in [3.8, 4) is 0 Å². The lowest BCUT2D eigenvalue weighted by atomic mass is 9.99. The maximum Gasteiger partial charge on any atom is 0.220 e. The van der Waals surface area contributed by atoms with Gasteiger partial charge in [0, 0.05) is 6.42 Å². The number of aliphatic hydroxyl groups excluding tert-OH is 5. The Morgan fingerprint density at radius 2 is 0.938 bits per heavy atom. The number of unbranched alkanes of at least 4 members (excludes halogenated alkanes) is 3. The average Bonchev–Trinajstić information content (AvgIpc) is 3.30. The minimum absolute atomic E-state index is 0.222. The Bertz CT molecular complexity index is 1560. The zero-order chi connectivity index (χ0) is 47.3. The summed E-state index contributed by atoms with van der Waals surface area (Å²) in [5.74, 6) is -0.241. The molecule has 1 amide bonds. The summed E-state index contributed by atoms with van der Waals surface area (Å²) in [4.78, 5) is 12.8. The Morgan fingerprint density at radius 3 is 1.32 bits per heavy atom. The Labute approximate surface area is 393 Å². The summed E-state index contributed by atoms with van der Waals surface area (Å²) >= 11 is 0. The summed E-state index contributed by atoms with van der Waals surface area (Å²) in [5.41, 5.74) is 0. The van der Waals surface area contributed by atoms with Gasteiger partial charge in [0.15, 0.2) is 6.29 Å². The quantitative estimate of drug-likeness (QED) is 0.0267. The first-order valence-corrected chi connectivity index (χ1v) is 24.2. The fraction of sp³-hybridized carbons (Fsp3) is 0.518. The molecule has 1 fully saturated rings. The van der Waals surface area contributed by atoms with Gasteiger partial charge in [-0.25, -0.2) is 0 Å². The molecule has 1 saturated heterocycles. The highest BCUT2D eigenvalue weighted by atomic mass is 16.7. The third kappa shape index (κ3) is 33.9. The summed E-state index contributed by atoms with van der Waals surface area (Å²) < 4.78 is 11.0. The highest BCUT2D eigenvalue weighted by Crippen LogP contribution is 2.22. The van der Waals surface area contributed by atoms with E-state index in [-0.39, 0.29) is 18.9 Å². The summed E-state index contributed by atoms with van der Waals surface area (Å²) in [5, 5.41) is 53.3. The number of allylic oxidation sites excluding steroid dienone is 25. The highest BCUT2D eigenvalue weighted by Gasteiger charge is 2.44. The Hall–Kier alpha value is -4.19. The molecule has 0 saturated carbocycles. The summed E-state index contributed by atoms with van der Waals surface area (Å²) in [6.07, 6.45) is 64.1. The van der Waals surface area contributed by atoms with Crippen LogP contribution in [0.15, 0.2) is 158 Å². The van der Waals surface area contributed by atoms with Crippen LogP contribution in [0.2, 0.25) is 0 Å². The van der Waals surface area contributed by atoms with E-state index in [1.54, 1.807) is 6.08 Å². The second kappa shape index (κ2) is 43.7. The Morgan fingerprint density at radius 1 is 0.538 bits per heavy atom. The molecule has 0 aromatic carbocycles. The maximum atomic E-state index is 12.8. The predicted molar refractivity (Wildman–Crippen MR) is 271 cm³/mol. The zero-order valence-corrected chi connectivity index (χ0v) is 39.7. The third-order valence-corrected chi connectivity index (χ3v) is 10.1. The van der Waals surface area contributed by atoms with E-state index >= 15 is 0 Å². The lowest BCUT2D eigenvalue weighted by Gasteiger charge is -2.40. The second-order valence-electron chi connectivity index (χ2n) is 15.8. The molecule has 0 radical (unpaired) electrons. The van der Waals surface area contributed by atoms with Gasteiger partial charge in [-0.15, -0.1) is 0 Å². The molecule has 0 spiro atoms. The first kappa shape index (κ1) is 58.8. The number of ether oxygens (including phenoxy) is 2. The molecular weight excluding hydrogens is 815 g/mol. The molecular formula is C56H85NO8. The minimum Gasteiger partial charge on any atom is -0.394 e. The number of hydrogen-bond donors (Lipinski definition) is 6. The van der Waals surface area contributed by atoms with Gasteiger partial charge in [-0.1, -0.05) is 178 Å². The van der Waals surface area contributed by atoms with Crippen LogP contribution in [0, 0.1) is 0 Å². The summed E-state index contributed by atoms with van der Waals surface area (Å²) in [7, 11) is 0. The predicted octanol–water partition coefficient (Wildman–Crippen LogP) is 10.9. The van der Waals surface area contributed by atoms with Crippen LogP contribution in [0.25, 0.3) is 0 Å². The number of amides is 1. The SMILES string of the molecule is CC/C=C\C/C=C\C/C=C\C/C=C\C/C=C\C/C=C\C/C=C\C/C=C\C/C=C\C/C=C\C/C=C\C/C=C\CCCCC(=O)NC(COC1OC(CO)C(O)C(O)C1O)C(O)/C=C/CCC. The van der Waals surface area contributed by atoms with Gasteiger partial charge in [0.1, 0.15) is 24.4 Å². The van der Waals surface area contributed by atoms with Crippen LogP contribution in [-0.2, 0) is 14.3 Å². The van der Waals surface area contributed by atoms with Gasteiger partial charge in [-0.05, 0) is 103 Å². The third-order valence-electron chi connectivity index (χ3n) is 10.1. The van der Waals surface area contributed by atoms with Crippen molar-refractivity contribution in [3.63, 3.8) is 0 Å². The lowest BCUT2D eigenvalue weighted by Crippen LogP contribution is -2.60. The highest BCUT2D eigenvalue weighted by molar-refractivity contribution is 5.76. The smallest absolute Gasteiger partial charge is 0.220 e. The molecule has 7 unspecified atom stereocenters. The first-order chi connectivity index (χ1) is 31.8. The van der Waals surface area contributed by atoms with Crippen LogP contribution < -0.4 is 5.32 Å². The van der Waals surface area contributed by atoms with Crippen molar-refractivity contribution < 1.29 is 39.8 Å². The minimum atomic E-state index is -1.58. The molecule has 0 aromatic heterocycles. The van der Waals surface area contributed by atoms with Crippen LogP contribution >= 0.6 is 0 Å². The van der Waals surface area contributed by atoms with Crippen molar-refractivity contribution in [2.75, 3.05) is 13.2 Å². The van der Waals surface area contributed by atoms with Crippen LogP contribution in [0.3, 0.4) is 0 Å². The van der Waals surface area contributed by atoms with E-state index in [1.807, 2.05) is 13.0 Å². The van der Waals surface area contributed by atoms with Gasteiger partial charge in [0.05, 0.1) is 25.4 Å². The van der Waals surface area contributed by atoms with Crippen molar-refractivity contribution in [1.29, 1.82) is 0 Å². The van der Waals surface area contributed by atoms with Crippen molar-refractivity contribution in [1.82, 2.24) is 5.32 Å². The van der Waals surface area contributed by atoms with Gasteiger partial charge in [0.25, 0.3) is 0 Å². The molecule has 1 aliphatic rings. The van der Waals surface area contributed by atoms with E-state index in [9.17, 15) is 30.3 Å². The fourth-order valence-electron chi connectivity index (χ4n) is 6.26. The maximum absolute atomic E-state index is 12.8. The van der Waals surface area contributed by atoms with E-state index in [4.69, 9.17) is 9.47 Å². The van der Waals surface area contributed by atoms with E-state index in [2.05, 4.69) is 158 Å². The molecule has 1 heterocycles. The molecule has 0 aromatic rings. The van der Waals surface area contributed by atoms with Crippen molar-refractivity contribution in [2.24, 2.45) is 0 Å². The van der Waals surface area contributed by atoms with Gasteiger partial charge >= 0.3 is 0 Å². The van der Waals surface area contributed by atoms with Crippen molar-refractivity contribution in [2.45, 2.75) is 172 Å². The van der Waals surface area contributed by atoms with E-state index in [0.717, 1.165) is 103 Å². The molecule has 6 N–H and O–H groups in total. The molecule has 1 rings (SSSR count). The van der Waals surface area contributed by atoms with Gasteiger partial charge in [-0.2, -0.15) is 0 Å². The molecule has 9 heteroatoms. The lowest BCUT2D eigenvalue weighted by molar-refractivity contribution is -0.302. The van der Waals surface area contributed by atoms with Crippen molar-refractivity contribution in [3.05, 3.63) is 158 Å². The van der Waals surface area contributed by atoms with E-state index in [0.29, 0.717) is 6.42 Å². The number of rotatable bonds is 37. The largest absolute Gasteiger partial charge is 0.394 e. The number of carbonyl (C=O) groups is 1. The summed E-state index contributed by atoms with van der Waals surface area (Å²) in [6.45, 7) is 3.37. The molecule has 65 heavy (non-hydrogen) atoms. The first-order valence-electron chi connectivity index (χ1n) is 24.2. The van der Waals surface area contributed by atoms with Crippen LogP contribution in [0.1, 0.15) is 129 Å². The zero-order valence-electron chi connectivity index (χ0n) is 39.7. The van der Waals surface area contributed by atoms with Crippen LogP contribution in [0.4, 0.5) is 0 Å². The fourth-order valence-corrected chi connectivity index (χ4v) is 6.26. The average molecular weight is 900 g/mol. The summed E-state index contributed by atoms with van der Waals surface area (Å²) in [6, 6.07) is -0.835. The normalized spacial score (nSPS) is 21.4. The molecule has 1 aliphatic heterocycles. The molecule has 9 nitrogen and oxygen atoms in total. The second-order valence-corrected chi connectivity index (χ2v) is 15.8. The topological polar surface area (TPSA) is 149 Å². The molecule has 0 bridgehead atoms. The standard InChI is InChI=1S/C56H85NO8/c1-3-5-7-8-9-10-11-12-13-14-15-16-17-18-19-20-21-22-23-24-25-26-27-28-29-30-31-32-33-34-35-36-37-38-39-40-41-42-44-46-52(60)57-49(50(59)45-43-6-4-2)48-64-56-55(63)54(62)53(61)51(47-58)65-56/h5,7,9-10,12-13,15-16,18-19,21-22,24-25,27-28,30-31,33-34,36-37,39-40,43,45,49-51,53-56,58-59,61-63H,3-4,6,8,11,14,17,20,23,26,29,32,35,38,41-42,44,46-48H2,1-2H3,(H,57,60)/b7-5-,10-9-,13-12-,16-15-,19-18-,22-21-,25-24-,28-27-,31-30-,34-33-,37-36-,40-39-,45-43+. The van der Waals surface area contributed by atoms with Crippen LogP contribution in [0.5, 0.6) is 0 Å². The van der Waals surface area contributed by atoms with Crippen molar-refractivity contribution >= 4 is 5.91 Å². The van der Waals surface area contributed by atoms with Gasteiger partial charge < -0.3 is 40.3 Å². The van der Waals surface area contributed by atoms with E-state index < -0.39 is 49.5 Å². The monoisotopic (exact) mass is 900 g/mol.